The highest BCUT2D eigenvalue weighted by Gasteiger charge is 2.22. The third-order valence-electron chi connectivity index (χ3n) is 3.42. The van der Waals surface area contributed by atoms with Crippen molar-refractivity contribution in [3.8, 4) is 5.75 Å². The molecule has 0 heterocycles. The molecule has 0 bridgehead atoms. The molecule has 1 rings (SSSR count). The van der Waals surface area contributed by atoms with E-state index >= 15 is 0 Å². The summed E-state index contributed by atoms with van der Waals surface area (Å²) in [7, 11) is 2.91. The van der Waals surface area contributed by atoms with Crippen LogP contribution in [-0.2, 0) is 14.3 Å². The van der Waals surface area contributed by atoms with Crippen LogP contribution >= 0.6 is 0 Å². The highest BCUT2D eigenvalue weighted by molar-refractivity contribution is 5.94. The lowest BCUT2D eigenvalue weighted by Crippen LogP contribution is -2.39. The van der Waals surface area contributed by atoms with E-state index in [1.54, 1.807) is 43.2 Å². The van der Waals surface area contributed by atoms with Crippen LogP contribution in [0.15, 0.2) is 24.3 Å². The number of benzene rings is 1. The summed E-state index contributed by atoms with van der Waals surface area (Å²) in [6.07, 6.45) is 0.0747. The normalized spacial score (nSPS) is 11.9. The van der Waals surface area contributed by atoms with Gasteiger partial charge in [0.15, 0.2) is 0 Å². The molecule has 0 N–H and O–H groups in total. The zero-order valence-electron chi connectivity index (χ0n) is 15.1. The van der Waals surface area contributed by atoms with Crippen LogP contribution in [0, 0.1) is 5.92 Å². The van der Waals surface area contributed by atoms with E-state index in [1.807, 2.05) is 13.8 Å². The fourth-order valence-electron chi connectivity index (χ4n) is 2.21. The Morgan fingerprint density at radius 1 is 1.08 bits per heavy atom. The van der Waals surface area contributed by atoms with Gasteiger partial charge in [0.05, 0.1) is 25.7 Å². The molecular weight excluding hydrogens is 310 g/mol. The first kappa shape index (κ1) is 20.0. The molecule has 0 aliphatic heterocycles. The minimum Gasteiger partial charge on any atom is -0.491 e. The van der Waals surface area contributed by atoms with E-state index in [2.05, 4.69) is 0 Å². The Bertz CT molecular complexity index is 527. The summed E-state index contributed by atoms with van der Waals surface area (Å²) in [6, 6.07) is 6.99. The van der Waals surface area contributed by atoms with Crippen molar-refractivity contribution >= 4 is 11.9 Å². The Balaban J connectivity index is 2.84. The van der Waals surface area contributed by atoms with Crippen LogP contribution in [0.1, 0.15) is 31.1 Å². The lowest BCUT2D eigenvalue weighted by atomic mass is 10.1. The van der Waals surface area contributed by atoms with Gasteiger partial charge in [0.1, 0.15) is 5.75 Å². The zero-order valence-corrected chi connectivity index (χ0v) is 15.1. The Morgan fingerprint density at radius 2 is 1.71 bits per heavy atom. The van der Waals surface area contributed by atoms with Crippen molar-refractivity contribution in [3.63, 3.8) is 0 Å². The molecule has 0 radical (unpaired) electrons. The monoisotopic (exact) mass is 337 g/mol. The van der Waals surface area contributed by atoms with E-state index in [-0.39, 0.29) is 24.5 Å². The number of carbonyl (C=O) groups excluding carboxylic acids is 2. The van der Waals surface area contributed by atoms with Crippen LogP contribution < -0.4 is 4.74 Å². The third-order valence-corrected chi connectivity index (χ3v) is 3.42. The highest BCUT2D eigenvalue weighted by Crippen LogP contribution is 2.16. The second kappa shape index (κ2) is 9.93. The fourth-order valence-corrected chi connectivity index (χ4v) is 2.21. The van der Waals surface area contributed by atoms with E-state index in [4.69, 9.17) is 14.2 Å². The van der Waals surface area contributed by atoms with Crippen LogP contribution in [0.4, 0.5) is 0 Å². The van der Waals surface area contributed by atoms with Crippen LogP contribution in [0.2, 0.25) is 0 Å². The standard InChI is InChI=1S/C18H27NO5/c1-13(2)24-16-8-6-15(7-9-16)17(20)19(10-11-22-4)12-14(3)18(21)23-5/h6-9,13-14H,10-12H2,1-5H3. The summed E-state index contributed by atoms with van der Waals surface area (Å²) in [5.41, 5.74) is 0.541. The predicted molar refractivity (Wildman–Crippen MR) is 91.2 cm³/mol. The van der Waals surface area contributed by atoms with Crippen LogP contribution in [0.5, 0.6) is 5.75 Å². The van der Waals surface area contributed by atoms with Gasteiger partial charge >= 0.3 is 5.97 Å². The summed E-state index contributed by atoms with van der Waals surface area (Å²) >= 11 is 0. The third kappa shape index (κ3) is 6.20. The Hall–Kier alpha value is -2.08. The number of methoxy groups -OCH3 is 2. The maximum absolute atomic E-state index is 12.7. The minimum atomic E-state index is -0.403. The molecule has 0 fully saturated rings. The minimum absolute atomic E-state index is 0.0747. The lowest BCUT2D eigenvalue weighted by molar-refractivity contribution is -0.145. The lowest BCUT2D eigenvalue weighted by Gasteiger charge is -2.25. The number of hydrogen-bond acceptors (Lipinski definition) is 5. The van der Waals surface area contributed by atoms with Gasteiger partial charge in [0.25, 0.3) is 5.91 Å². The number of ether oxygens (including phenoxy) is 3. The fraction of sp³-hybridized carbons (Fsp3) is 0.556. The summed E-state index contributed by atoms with van der Waals surface area (Å²) in [5.74, 6) is -0.183. The molecule has 0 aliphatic carbocycles. The SMILES string of the molecule is COCCN(CC(C)C(=O)OC)C(=O)c1ccc(OC(C)C)cc1. The average molecular weight is 337 g/mol. The molecule has 1 aromatic carbocycles. The van der Waals surface area contributed by atoms with Crippen molar-refractivity contribution in [3.05, 3.63) is 29.8 Å². The summed E-state index contributed by atoms with van der Waals surface area (Å²) < 4.78 is 15.4. The maximum atomic E-state index is 12.7. The summed E-state index contributed by atoms with van der Waals surface area (Å²) in [5, 5.41) is 0. The van der Waals surface area contributed by atoms with Crippen LogP contribution in [-0.4, -0.2) is 56.8 Å². The number of amides is 1. The van der Waals surface area contributed by atoms with Crippen molar-refractivity contribution < 1.29 is 23.8 Å². The smallest absolute Gasteiger partial charge is 0.310 e. The largest absolute Gasteiger partial charge is 0.491 e. The molecule has 0 aliphatic rings. The van der Waals surface area contributed by atoms with Gasteiger partial charge in [-0.25, -0.2) is 0 Å². The van der Waals surface area contributed by atoms with Crippen molar-refractivity contribution in [1.29, 1.82) is 0 Å². The molecule has 1 amide bonds. The maximum Gasteiger partial charge on any atom is 0.310 e. The van der Waals surface area contributed by atoms with E-state index in [9.17, 15) is 9.59 Å². The molecule has 0 saturated heterocycles. The van der Waals surface area contributed by atoms with E-state index in [0.29, 0.717) is 24.5 Å². The average Bonchev–Trinajstić information content (AvgIpc) is 2.57. The number of hydrogen-bond donors (Lipinski definition) is 0. The topological polar surface area (TPSA) is 65.1 Å². The quantitative estimate of drug-likeness (QED) is 0.647. The Kier molecular flexibility index (Phi) is 8.26. The molecule has 6 heteroatoms. The predicted octanol–water partition coefficient (Wildman–Crippen LogP) is 2.37. The van der Waals surface area contributed by atoms with Crippen molar-refractivity contribution in [1.82, 2.24) is 4.90 Å². The first-order chi connectivity index (χ1) is 11.4. The first-order valence-electron chi connectivity index (χ1n) is 8.01. The van der Waals surface area contributed by atoms with Crippen LogP contribution in [0.3, 0.4) is 0 Å². The van der Waals surface area contributed by atoms with Gasteiger partial charge in [0.2, 0.25) is 0 Å². The number of esters is 1. The van der Waals surface area contributed by atoms with Gasteiger partial charge in [-0.3, -0.25) is 9.59 Å². The number of nitrogens with zero attached hydrogens (tertiary/aromatic N) is 1. The molecule has 1 atom stereocenters. The van der Waals surface area contributed by atoms with E-state index < -0.39 is 5.92 Å². The van der Waals surface area contributed by atoms with Crippen molar-refractivity contribution in [2.75, 3.05) is 33.9 Å². The second-order valence-corrected chi connectivity index (χ2v) is 5.86. The molecule has 0 aromatic heterocycles. The first-order valence-corrected chi connectivity index (χ1v) is 8.01. The van der Waals surface area contributed by atoms with Crippen molar-refractivity contribution in [2.45, 2.75) is 26.9 Å². The van der Waals surface area contributed by atoms with Crippen LogP contribution in [0.25, 0.3) is 0 Å². The zero-order chi connectivity index (χ0) is 18.1. The molecule has 24 heavy (non-hydrogen) atoms. The summed E-state index contributed by atoms with van der Waals surface area (Å²) in [4.78, 5) is 25.9. The Labute approximate surface area is 143 Å². The highest BCUT2D eigenvalue weighted by atomic mass is 16.5. The van der Waals surface area contributed by atoms with Gasteiger partial charge in [-0.05, 0) is 38.1 Å². The molecule has 1 unspecified atom stereocenters. The van der Waals surface area contributed by atoms with Gasteiger partial charge in [-0.15, -0.1) is 0 Å². The van der Waals surface area contributed by atoms with Gasteiger partial charge < -0.3 is 19.1 Å². The molecule has 6 nitrogen and oxygen atoms in total. The van der Waals surface area contributed by atoms with Gasteiger partial charge in [-0.2, -0.15) is 0 Å². The van der Waals surface area contributed by atoms with E-state index in [1.165, 1.54) is 7.11 Å². The van der Waals surface area contributed by atoms with Gasteiger partial charge in [-0.1, -0.05) is 6.92 Å². The summed E-state index contributed by atoms with van der Waals surface area (Å²) in [6.45, 7) is 6.70. The number of carbonyl (C=O) groups is 2. The molecule has 1 aromatic rings. The molecular formula is C18H27NO5. The molecule has 0 spiro atoms. The number of rotatable bonds is 9. The molecule has 0 saturated carbocycles. The van der Waals surface area contributed by atoms with Crippen molar-refractivity contribution in [2.24, 2.45) is 5.92 Å². The Morgan fingerprint density at radius 3 is 2.21 bits per heavy atom. The molecule has 134 valence electrons. The van der Waals surface area contributed by atoms with E-state index in [0.717, 1.165) is 0 Å². The van der Waals surface area contributed by atoms with Gasteiger partial charge in [0, 0.05) is 25.8 Å². The second-order valence-electron chi connectivity index (χ2n) is 5.86.